The molecule has 1 saturated carbocycles. The SMILES string of the molecule is Cc1cccc(/C=C2/CC(C#N)(c3ccccc3)C/C(=C/c3cccc(C)c3)C2=O)c1. The lowest BCUT2D eigenvalue weighted by Gasteiger charge is -2.33. The predicted octanol–water partition coefficient (Wildman–Crippen LogP) is 6.59. The molecule has 0 aliphatic heterocycles. The molecule has 0 aromatic heterocycles. The van der Waals surface area contributed by atoms with Gasteiger partial charge in [0.2, 0.25) is 0 Å². The fourth-order valence-corrected chi connectivity index (χ4v) is 4.34. The Balaban J connectivity index is 1.86. The van der Waals surface area contributed by atoms with Gasteiger partial charge in [-0.25, -0.2) is 0 Å². The minimum absolute atomic E-state index is 0.0322. The van der Waals surface area contributed by atoms with Gasteiger partial charge in [-0.3, -0.25) is 4.79 Å². The molecule has 1 aliphatic rings. The average molecular weight is 404 g/mol. The van der Waals surface area contributed by atoms with Gasteiger partial charge in [-0.1, -0.05) is 90.0 Å². The van der Waals surface area contributed by atoms with Crippen LogP contribution in [0.5, 0.6) is 0 Å². The Bertz CT molecular complexity index is 1160. The van der Waals surface area contributed by atoms with E-state index in [2.05, 4.69) is 18.2 Å². The molecule has 31 heavy (non-hydrogen) atoms. The molecule has 0 amide bonds. The van der Waals surface area contributed by atoms with Crippen LogP contribution in [0.3, 0.4) is 0 Å². The summed E-state index contributed by atoms with van der Waals surface area (Å²) in [6.45, 7) is 4.08. The van der Waals surface area contributed by atoms with Gasteiger partial charge >= 0.3 is 0 Å². The largest absolute Gasteiger partial charge is 0.289 e. The summed E-state index contributed by atoms with van der Waals surface area (Å²) in [5.74, 6) is 0.0322. The zero-order valence-corrected chi connectivity index (χ0v) is 17.9. The maximum Gasteiger partial charge on any atom is 0.185 e. The van der Waals surface area contributed by atoms with Gasteiger partial charge < -0.3 is 0 Å². The van der Waals surface area contributed by atoms with Crippen LogP contribution in [-0.4, -0.2) is 5.78 Å². The van der Waals surface area contributed by atoms with Crippen LogP contribution in [0, 0.1) is 25.2 Å². The van der Waals surface area contributed by atoms with Crippen molar-refractivity contribution in [3.8, 4) is 6.07 Å². The third-order valence-electron chi connectivity index (χ3n) is 5.87. The van der Waals surface area contributed by atoms with Crippen molar-refractivity contribution < 1.29 is 4.79 Å². The Labute approximate surface area is 184 Å². The molecule has 0 N–H and O–H groups in total. The third kappa shape index (κ3) is 4.42. The first kappa shape index (κ1) is 20.6. The highest BCUT2D eigenvalue weighted by Crippen LogP contribution is 2.43. The lowest BCUT2D eigenvalue weighted by atomic mass is 9.66. The lowest BCUT2D eigenvalue weighted by molar-refractivity contribution is -0.113. The smallest absolute Gasteiger partial charge is 0.185 e. The molecule has 152 valence electrons. The normalized spacial score (nSPS) is 21.3. The predicted molar refractivity (Wildman–Crippen MR) is 126 cm³/mol. The van der Waals surface area contributed by atoms with Crippen molar-refractivity contribution in [3.63, 3.8) is 0 Å². The number of benzene rings is 3. The molecule has 0 bridgehead atoms. The maximum absolute atomic E-state index is 13.5. The van der Waals surface area contributed by atoms with E-state index in [9.17, 15) is 10.1 Å². The summed E-state index contributed by atoms with van der Waals surface area (Å²) in [6, 6.07) is 28.6. The van der Waals surface area contributed by atoms with E-state index in [0.29, 0.717) is 24.0 Å². The second-order valence-electron chi connectivity index (χ2n) is 8.41. The molecule has 1 aliphatic carbocycles. The fourth-order valence-electron chi connectivity index (χ4n) is 4.34. The Morgan fingerprint density at radius 2 is 1.29 bits per heavy atom. The minimum atomic E-state index is -0.763. The molecule has 1 fully saturated rings. The van der Waals surface area contributed by atoms with Crippen molar-refractivity contribution in [1.29, 1.82) is 5.26 Å². The van der Waals surface area contributed by atoms with E-state index in [1.807, 2.05) is 92.7 Å². The summed E-state index contributed by atoms with van der Waals surface area (Å²) < 4.78 is 0. The number of aryl methyl sites for hydroxylation is 2. The number of carbonyl (C=O) groups is 1. The quantitative estimate of drug-likeness (QED) is 0.463. The monoisotopic (exact) mass is 403 g/mol. The molecule has 0 heterocycles. The van der Waals surface area contributed by atoms with Gasteiger partial charge in [0, 0.05) is 11.1 Å². The maximum atomic E-state index is 13.5. The molecule has 0 atom stereocenters. The first-order valence-corrected chi connectivity index (χ1v) is 10.6. The zero-order chi connectivity index (χ0) is 21.8. The van der Waals surface area contributed by atoms with Crippen molar-refractivity contribution in [2.75, 3.05) is 0 Å². The molecular weight excluding hydrogens is 378 g/mol. The van der Waals surface area contributed by atoms with Gasteiger partial charge in [0.05, 0.1) is 11.5 Å². The molecule has 0 saturated heterocycles. The molecule has 2 heteroatoms. The molecule has 0 radical (unpaired) electrons. The number of nitrogens with zero attached hydrogens (tertiary/aromatic N) is 1. The molecule has 3 aromatic carbocycles. The summed E-state index contributed by atoms with van der Waals surface area (Å²) >= 11 is 0. The first-order chi connectivity index (χ1) is 15.0. The van der Waals surface area contributed by atoms with Crippen LogP contribution < -0.4 is 0 Å². The summed E-state index contributed by atoms with van der Waals surface area (Å²) in [4.78, 5) is 13.5. The molecular formula is C29H25NO. The van der Waals surface area contributed by atoms with Crippen LogP contribution in [-0.2, 0) is 10.2 Å². The topological polar surface area (TPSA) is 40.9 Å². The van der Waals surface area contributed by atoms with Crippen molar-refractivity contribution in [2.24, 2.45) is 0 Å². The zero-order valence-electron chi connectivity index (χ0n) is 17.9. The number of Topliss-reactive ketones (excluding diaryl/α,β-unsaturated/α-hetero) is 1. The molecule has 2 nitrogen and oxygen atoms in total. The van der Waals surface area contributed by atoms with E-state index in [4.69, 9.17) is 0 Å². The van der Waals surface area contributed by atoms with Crippen LogP contribution in [0.1, 0.15) is 40.7 Å². The molecule has 3 aromatic rings. The number of hydrogen-bond acceptors (Lipinski definition) is 2. The minimum Gasteiger partial charge on any atom is -0.289 e. The first-order valence-electron chi connectivity index (χ1n) is 10.6. The number of allylic oxidation sites excluding steroid dienone is 2. The van der Waals surface area contributed by atoms with Crippen molar-refractivity contribution in [2.45, 2.75) is 32.1 Å². The van der Waals surface area contributed by atoms with Crippen molar-refractivity contribution in [1.82, 2.24) is 0 Å². The summed E-state index contributed by atoms with van der Waals surface area (Å²) in [5.41, 5.74) is 5.81. The third-order valence-corrected chi connectivity index (χ3v) is 5.87. The van der Waals surface area contributed by atoms with E-state index in [-0.39, 0.29) is 5.78 Å². The number of ketones is 1. The van der Waals surface area contributed by atoms with Gasteiger partial charge in [-0.15, -0.1) is 0 Å². The Hall–Kier alpha value is -3.70. The van der Waals surface area contributed by atoms with Gasteiger partial charge in [0.15, 0.2) is 5.78 Å². The summed E-state index contributed by atoms with van der Waals surface area (Å²) in [6.07, 6.45) is 4.72. The molecule has 4 rings (SSSR count). The van der Waals surface area contributed by atoms with Crippen LogP contribution in [0.2, 0.25) is 0 Å². The number of carbonyl (C=O) groups excluding carboxylic acids is 1. The number of nitriles is 1. The number of hydrogen-bond donors (Lipinski definition) is 0. The van der Waals surface area contributed by atoms with Crippen molar-refractivity contribution in [3.05, 3.63) is 118 Å². The Morgan fingerprint density at radius 3 is 1.74 bits per heavy atom. The highest BCUT2D eigenvalue weighted by atomic mass is 16.1. The van der Waals surface area contributed by atoms with E-state index in [0.717, 1.165) is 27.8 Å². The van der Waals surface area contributed by atoms with Crippen molar-refractivity contribution >= 4 is 17.9 Å². The van der Waals surface area contributed by atoms with Gasteiger partial charge in [-0.2, -0.15) is 5.26 Å². The number of rotatable bonds is 3. The van der Waals surface area contributed by atoms with E-state index in [1.165, 1.54) is 0 Å². The Kier molecular flexibility index (Phi) is 5.69. The van der Waals surface area contributed by atoms with E-state index < -0.39 is 5.41 Å². The lowest BCUT2D eigenvalue weighted by Crippen LogP contribution is -2.33. The Morgan fingerprint density at radius 1 is 0.774 bits per heavy atom. The average Bonchev–Trinajstić information content (AvgIpc) is 2.77. The molecule has 0 unspecified atom stereocenters. The van der Waals surface area contributed by atoms with E-state index >= 15 is 0 Å². The van der Waals surface area contributed by atoms with Gasteiger partial charge in [0.1, 0.15) is 0 Å². The standard InChI is InChI=1S/C29H25NO/c1-21-8-6-10-23(14-21)16-25-18-29(20-30,27-12-4-3-5-13-27)19-26(28(25)31)17-24-11-7-9-22(2)15-24/h3-17H,18-19H2,1-2H3/b25-16-,26-17-. The van der Waals surface area contributed by atoms with Gasteiger partial charge in [-0.05, 0) is 55.5 Å². The highest BCUT2D eigenvalue weighted by Gasteiger charge is 2.41. The highest BCUT2D eigenvalue weighted by molar-refractivity contribution is 6.14. The summed E-state index contributed by atoms with van der Waals surface area (Å²) in [7, 11) is 0. The van der Waals surface area contributed by atoms with Crippen LogP contribution >= 0.6 is 0 Å². The molecule has 0 spiro atoms. The van der Waals surface area contributed by atoms with Crippen LogP contribution in [0.15, 0.2) is 90.0 Å². The van der Waals surface area contributed by atoms with E-state index in [1.54, 1.807) is 0 Å². The van der Waals surface area contributed by atoms with Gasteiger partial charge in [0.25, 0.3) is 0 Å². The van der Waals surface area contributed by atoms with Crippen LogP contribution in [0.4, 0.5) is 0 Å². The second-order valence-corrected chi connectivity index (χ2v) is 8.41. The van der Waals surface area contributed by atoms with Crippen LogP contribution in [0.25, 0.3) is 12.2 Å². The summed E-state index contributed by atoms with van der Waals surface area (Å²) in [5, 5.41) is 10.3. The second kappa shape index (κ2) is 8.58. The fraction of sp³-hybridized carbons (Fsp3) is 0.172.